The summed E-state index contributed by atoms with van der Waals surface area (Å²) >= 11 is 3.37. The van der Waals surface area contributed by atoms with Crippen molar-refractivity contribution in [3.05, 3.63) is 21.9 Å². The number of thiophene rings is 1. The minimum absolute atomic E-state index is 0.149. The van der Waals surface area contributed by atoms with Crippen LogP contribution in [-0.2, 0) is 9.53 Å². The van der Waals surface area contributed by atoms with E-state index in [-0.39, 0.29) is 22.3 Å². The highest BCUT2D eigenvalue weighted by Crippen LogP contribution is 2.14. The molecule has 1 aromatic rings. The molecule has 0 saturated heterocycles. The van der Waals surface area contributed by atoms with Crippen molar-refractivity contribution in [3.63, 3.8) is 0 Å². The minimum atomic E-state index is -0.354. The van der Waals surface area contributed by atoms with E-state index in [9.17, 15) is 9.59 Å². The van der Waals surface area contributed by atoms with Crippen LogP contribution in [0, 0.1) is 6.92 Å². The van der Waals surface area contributed by atoms with Gasteiger partial charge >= 0.3 is 5.97 Å². The number of aryl methyl sites for hydroxylation is 1. The number of esters is 1. The quantitative estimate of drug-likeness (QED) is 0.510. The van der Waals surface area contributed by atoms with Crippen molar-refractivity contribution in [3.8, 4) is 0 Å². The highest BCUT2D eigenvalue weighted by Gasteiger charge is 2.16. The van der Waals surface area contributed by atoms with Gasteiger partial charge in [-0.2, -0.15) is 0 Å². The predicted molar refractivity (Wildman–Crippen MR) is 71.2 cm³/mol. The zero-order valence-corrected chi connectivity index (χ0v) is 11.9. The van der Waals surface area contributed by atoms with Gasteiger partial charge in [0.15, 0.2) is 0 Å². The zero-order chi connectivity index (χ0) is 12.1. The minimum Gasteiger partial charge on any atom is -0.468 e. The van der Waals surface area contributed by atoms with E-state index in [2.05, 4.69) is 10.1 Å². The fourth-order valence-electron chi connectivity index (χ4n) is 1.04. The maximum Gasteiger partial charge on any atom is 0.320 e. The largest absolute Gasteiger partial charge is 0.468 e. The van der Waals surface area contributed by atoms with Crippen LogP contribution >= 0.6 is 33.9 Å². The predicted octanol–water partition coefficient (Wildman–Crippen LogP) is 1.76. The molecule has 16 heavy (non-hydrogen) atoms. The van der Waals surface area contributed by atoms with Gasteiger partial charge in [-0.25, -0.2) is 0 Å². The summed E-state index contributed by atoms with van der Waals surface area (Å²) in [7, 11) is 1.33. The lowest BCUT2D eigenvalue weighted by Crippen LogP contribution is -2.33. The van der Waals surface area contributed by atoms with Crippen molar-refractivity contribution >= 4 is 45.8 Å². The number of hydrogen-bond acceptors (Lipinski definition) is 4. The van der Waals surface area contributed by atoms with E-state index in [4.69, 9.17) is 0 Å². The van der Waals surface area contributed by atoms with Crippen molar-refractivity contribution in [2.75, 3.05) is 13.7 Å². The van der Waals surface area contributed by atoms with Crippen molar-refractivity contribution in [1.29, 1.82) is 0 Å². The molecule has 4 nitrogen and oxygen atoms in total. The Morgan fingerprint density at radius 2 is 2.25 bits per heavy atom. The maximum absolute atomic E-state index is 11.6. The molecule has 0 aliphatic carbocycles. The molecule has 1 amide bonds. The molecule has 0 fully saturated rings. The lowest BCUT2D eigenvalue weighted by Gasteiger charge is -2.08. The van der Waals surface area contributed by atoms with Crippen LogP contribution in [0.4, 0.5) is 0 Å². The molecule has 1 N–H and O–H groups in total. The smallest absolute Gasteiger partial charge is 0.320 e. The Bertz CT molecular complexity index is 391. The van der Waals surface area contributed by atoms with Crippen molar-refractivity contribution in [2.24, 2.45) is 0 Å². The van der Waals surface area contributed by atoms with Gasteiger partial charge in [-0.15, -0.1) is 11.3 Å². The topological polar surface area (TPSA) is 55.4 Å². The van der Waals surface area contributed by atoms with Crippen molar-refractivity contribution < 1.29 is 14.3 Å². The number of halogens is 1. The third-order valence-corrected chi connectivity index (χ3v) is 3.81. The van der Waals surface area contributed by atoms with Gasteiger partial charge in [-0.1, -0.05) is 22.6 Å². The Morgan fingerprint density at radius 1 is 1.56 bits per heavy atom. The number of carbonyl (C=O) groups is 2. The highest BCUT2D eigenvalue weighted by atomic mass is 127. The molecule has 1 aromatic heterocycles. The zero-order valence-electron chi connectivity index (χ0n) is 8.95. The monoisotopic (exact) mass is 353 g/mol. The normalized spacial score (nSPS) is 11.9. The van der Waals surface area contributed by atoms with E-state index in [1.165, 1.54) is 18.4 Å². The molecule has 0 aliphatic heterocycles. The van der Waals surface area contributed by atoms with E-state index < -0.39 is 0 Å². The Kier molecular flexibility index (Phi) is 5.20. The van der Waals surface area contributed by atoms with Gasteiger partial charge in [0, 0.05) is 11.4 Å². The Morgan fingerprint density at radius 3 is 2.75 bits per heavy atom. The van der Waals surface area contributed by atoms with Gasteiger partial charge in [-0.05, 0) is 19.1 Å². The summed E-state index contributed by atoms with van der Waals surface area (Å²) in [6, 6.07) is 3.66. The van der Waals surface area contributed by atoms with Gasteiger partial charge in [0.05, 0.1) is 12.0 Å². The standard InChI is InChI=1S/C10H12INO3S/c1-6-3-4-8(16-6)9(13)12-5-7(11)10(14)15-2/h3-4,7H,5H2,1-2H3,(H,12,13). The first-order valence-corrected chi connectivity index (χ1v) is 6.67. The molecule has 0 aromatic carbocycles. The molecule has 0 saturated carbocycles. The van der Waals surface area contributed by atoms with Crippen molar-refractivity contribution in [1.82, 2.24) is 5.32 Å². The lowest BCUT2D eigenvalue weighted by molar-refractivity contribution is -0.139. The molecule has 0 spiro atoms. The van der Waals surface area contributed by atoms with Crippen LogP contribution in [0.1, 0.15) is 14.5 Å². The van der Waals surface area contributed by atoms with E-state index in [1.54, 1.807) is 6.07 Å². The number of amides is 1. The average molecular weight is 353 g/mol. The second-order valence-corrected chi connectivity index (χ2v) is 5.90. The number of nitrogens with one attached hydrogen (secondary N) is 1. The number of alkyl halides is 1. The van der Waals surface area contributed by atoms with Crippen LogP contribution in [-0.4, -0.2) is 29.5 Å². The van der Waals surface area contributed by atoms with Gasteiger partial charge in [0.25, 0.3) is 5.91 Å². The molecular weight excluding hydrogens is 341 g/mol. The van der Waals surface area contributed by atoms with E-state index in [0.29, 0.717) is 4.88 Å². The Balaban J connectivity index is 2.44. The third kappa shape index (κ3) is 3.75. The summed E-state index contributed by atoms with van der Waals surface area (Å²) in [6.07, 6.45) is 0. The van der Waals surface area contributed by atoms with Crippen molar-refractivity contribution in [2.45, 2.75) is 10.8 Å². The first-order chi connectivity index (χ1) is 7.54. The Labute approximate surface area is 112 Å². The van der Waals surface area contributed by atoms with E-state index in [1.807, 2.05) is 35.6 Å². The summed E-state index contributed by atoms with van der Waals surface area (Å²) < 4.78 is 4.20. The summed E-state index contributed by atoms with van der Waals surface area (Å²) in [5.41, 5.74) is 0. The van der Waals surface area contributed by atoms with Gasteiger partial charge in [0.1, 0.15) is 3.92 Å². The first kappa shape index (κ1) is 13.4. The summed E-state index contributed by atoms with van der Waals surface area (Å²) in [6.45, 7) is 2.22. The molecule has 1 rings (SSSR count). The molecule has 0 aliphatic rings. The summed E-state index contributed by atoms with van der Waals surface area (Å²) in [5, 5.41) is 2.69. The summed E-state index contributed by atoms with van der Waals surface area (Å²) in [4.78, 5) is 24.4. The van der Waals surface area contributed by atoms with Gasteiger partial charge < -0.3 is 10.1 Å². The Hall–Kier alpha value is -0.630. The fourth-order valence-corrected chi connectivity index (χ4v) is 2.30. The molecule has 1 heterocycles. The molecule has 88 valence electrons. The van der Waals surface area contributed by atoms with Gasteiger partial charge in [0.2, 0.25) is 0 Å². The molecule has 1 unspecified atom stereocenters. The SMILES string of the molecule is COC(=O)C(I)CNC(=O)c1ccc(C)s1. The van der Waals surface area contributed by atoms with Gasteiger partial charge in [-0.3, -0.25) is 9.59 Å². The number of methoxy groups -OCH3 is 1. The molecular formula is C10H12INO3S. The number of ether oxygens (including phenoxy) is 1. The maximum atomic E-state index is 11.6. The molecule has 0 radical (unpaired) electrons. The first-order valence-electron chi connectivity index (χ1n) is 4.61. The lowest BCUT2D eigenvalue weighted by atomic mass is 10.4. The van der Waals surface area contributed by atoms with Crippen LogP contribution in [0.15, 0.2) is 12.1 Å². The van der Waals surface area contributed by atoms with E-state index >= 15 is 0 Å². The summed E-state index contributed by atoms with van der Waals surface area (Å²) in [5.74, 6) is -0.480. The van der Waals surface area contributed by atoms with Crippen LogP contribution < -0.4 is 5.32 Å². The fraction of sp³-hybridized carbons (Fsp3) is 0.400. The van der Waals surface area contributed by atoms with Crippen LogP contribution in [0.25, 0.3) is 0 Å². The molecule has 1 atom stereocenters. The second kappa shape index (κ2) is 6.19. The average Bonchev–Trinajstić information content (AvgIpc) is 2.71. The molecule has 6 heteroatoms. The third-order valence-electron chi connectivity index (χ3n) is 1.86. The number of hydrogen-bond donors (Lipinski definition) is 1. The van der Waals surface area contributed by atoms with E-state index in [0.717, 1.165) is 4.88 Å². The van der Waals surface area contributed by atoms with Crippen LogP contribution in [0.3, 0.4) is 0 Å². The molecule has 0 bridgehead atoms. The van der Waals surface area contributed by atoms with Crippen LogP contribution in [0.2, 0.25) is 0 Å². The van der Waals surface area contributed by atoms with Crippen LogP contribution in [0.5, 0.6) is 0 Å². The number of carbonyl (C=O) groups excluding carboxylic acids is 2. The second-order valence-electron chi connectivity index (χ2n) is 3.11. The number of rotatable bonds is 4. The highest BCUT2D eigenvalue weighted by molar-refractivity contribution is 14.1.